The van der Waals surface area contributed by atoms with Gasteiger partial charge in [0.2, 0.25) is 0 Å². The van der Waals surface area contributed by atoms with Crippen LogP contribution in [0.25, 0.3) is 77.6 Å². The summed E-state index contributed by atoms with van der Waals surface area (Å²) in [5.74, 6) is -28.1. The lowest BCUT2D eigenvalue weighted by atomic mass is 9.82. The molecule has 0 aliphatic heterocycles. The van der Waals surface area contributed by atoms with Gasteiger partial charge in [-0.3, -0.25) is 0 Å². The predicted molar refractivity (Wildman–Crippen MR) is 358 cm³/mol. The number of terminal acetylenes is 1. The number of hydrogen-bond acceptors (Lipinski definition) is 6. The minimum absolute atomic E-state index is 0.0864. The smallest absolute Gasteiger partial charge is 0.180 e. The van der Waals surface area contributed by atoms with Crippen LogP contribution in [0.1, 0.15) is 58.4 Å². The molecule has 11 aromatic carbocycles. The van der Waals surface area contributed by atoms with Crippen molar-refractivity contribution in [3.8, 4) is 81.8 Å². The molecule has 0 amide bonds. The van der Waals surface area contributed by atoms with Crippen molar-refractivity contribution in [3.63, 3.8) is 0 Å². The molecule has 14 rings (SSSR count). The second kappa shape index (κ2) is 25.8. The molecule has 1 saturated carbocycles. The molecule has 0 radical (unpaired) electrons. The minimum Gasteiger partial charge on any atom is -0.310 e. The summed E-state index contributed by atoms with van der Waals surface area (Å²) in [4.78, 5) is 2.40. The maximum absolute atomic E-state index is 15.1. The number of benzene rings is 11. The number of nitrogens with zero attached hydrogens (tertiary/aromatic N) is 7. The SMILES string of the molecule is C#Cc1c(F)c(F)c(C(C#N)=C2C(=C(C#N)c3c(F)c(F)c(C#N)c(F)c3F)C2=C(C#N)c2c(F)c(F)c(C#N)c(F)c2F)c(F)c1F.CC1(C)c2ccccc2-c2ccc(N(c3ccc(-c4ccccc4)cc3)c3ccc(-c4ccc5c(c4)c4ccccc4n5-c4ccccc4)cc3)cc21. The van der Waals surface area contributed by atoms with Gasteiger partial charge in [0.15, 0.2) is 69.8 Å². The van der Waals surface area contributed by atoms with Gasteiger partial charge in [-0.05, 0) is 111 Å². The van der Waals surface area contributed by atoms with Crippen LogP contribution in [0.2, 0.25) is 0 Å². The molecule has 101 heavy (non-hydrogen) atoms. The molecule has 19 heteroatoms. The normalized spacial score (nSPS) is 13.3. The van der Waals surface area contributed by atoms with E-state index >= 15 is 26.3 Å². The second-order valence-corrected chi connectivity index (χ2v) is 23.6. The Hall–Kier alpha value is -13.6. The lowest BCUT2D eigenvalue weighted by molar-refractivity contribution is 0.446. The first kappa shape index (κ1) is 66.0. The highest BCUT2D eigenvalue weighted by atomic mass is 19.2. The van der Waals surface area contributed by atoms with Crippen molar-refractivity contribution in [1.29, 1.82) is 26.3 Å². The Bertz CT molecular complexity index is 5580. The van der Waals surface area contributed by atoms with E-state index in [1.165, 1.54) is 77.9 Å². The standard InChI is InChI=1S/C51H38N2.C31HF12N5/c1-51(2)47-19-11-9-17-43(47)44-31-30-42(34-48(44)51)52(40-26-21-36(22-27-40)35-13-5-3-6-14-35)41-28-23-37(24-29-41)38-25-32-50-46(33-38)45-18-10-12-20-49(45)53(50)39-15-7-4-8-16-39;1-2-8-20(32)26(38)17(27(39)21(8)33)9(3-44)14-15(10(4-45)18-28(40)22(34)12(6-47)23(35)29(18)41)16(14)11(5-46)19-30(42)24(36)13(7-48)25(37)31(19)43/h3-34H,1-2H3;1H. The number of aromatic nitrogens is 1. The quantitative estimate of drug-likeness (QED) is 0.0613. The summed E-state index contributed by atoms with van der Waals surface area (Å²) in [5, 5.41) is 49.6. The van der Waals surface area contributed by atoms with Crippen LogP contribution in [0.5, 0.6) is 0 Å². The zero-order chi connectivity index (χ0) is 71.6. The summed E-state index contributed by atoms with van der Waals surface area (Å²) in [6.07, 6.45) is 4.82. The molecule has 2 aliphatic rings. The highest BCUT2D eigenvalue weighted by Crippen LogP contribution is 2.58. The Balaban J connectivity index is 0.000000182. The van der Waals surface area contributed by atoms with Crippen LogP contribution in [0.15, 0.2) is 211 Å². The third-order valence-electron chi connectivity index (χ3n) is 17.9. The molecule has 0 atom stereocenters. The van der Waals surface area contributed by atoms with Crippen LogP contribution in [-0.4, -0.2) is 4.57 Å². The fraction of sp³-hybridized carbons (Fsp3) is 0.0366. The molecule has 486 valence electrons. The molecule has 0 spiro atoms. The summed E-state index contributed by atoms with van der Waals surface area (Å²) >= 11 is 0. The van der Waals surface area contributed by atoms with Crippen LogP contribution in [0, 0.1) is 139 Å². The summed E-state index contributed by atoms with van der Waals surface area (Å²) < 4.78 is 180. The van der Waals surface area contributed by atoms with Crippen molar-refractivity contribution in [3.05, 3.63) is 325 Å². The molecule has 1 aromatic heterocycles. The largest absolute Gasteiger partial charge is 0.310 e. The number of rotatable bonds is 9. The molecule has 1 heterocycles. The Labute approximate surface area is 567 Å². The van der Waals surface area contributed by atoms with E-state index in [2.05, 4.69) is 217 Å². The molecular formula is C82H39F12N7. The average Bonchev–Trinajstić information content (AvgIpc) is 1.53. The van der Waals surface area contributed by atoms with Gasteiger partial charge in [-0.1, -0.05) is 147 Å². The van der Waals surface area contributed by atoms with Gasteiger partial charge in [-0.2, -0.15) is 26.3 Å². The topological polar surface area (TPSA) is 127 Å². The van der Waals surface area contributed by atoms with Gasteiger partial charge in [-0.25, -0.2) is 52.7 Å². The minimum atomic E-state index is -2.52. The number of para-hydroxylation sites is 2. The highest BCUT2D eigenvalue weighted by molar-refractivity contribution is 6.13. The third kappa shape index (κ3) is 10.7. The molecule has 0 saturated heterocycles. The Morgan fingerprint density at radius 1 is 0.356 bits per heavy atom. The van der Waals surface area contributed by atoms with E-state index in [1.54, 1.807) is 0 Å². The van der Waals surface area contributed by atoms with Crippen LogP contribution in [0.4, 0.5) is 69.7 Å². The van der Waals surface area contributed by atoms with E-state index in [0.717, 1.165) is 47.4 Å². The molecular weight excluding hydrogens is 1310 g/mol. The molecule has 0 bridgehead atoms. The van der Waals surface area contributed by atoms with Crippen molar-refractivity contribution in [2.75, 3.05) is 4.90 Å². The summed E-state index contributed by atoms with van der Waals surface area (Å²) in [6.45, 7) is 4.70. The van der Waals surface area contributed by atoms with Gasteiger partial charge in [-0.15, -0.1) is 6.42 Å². The number of allylic oxidation sites excluding steroid dienone is 6. The van der Waals surface area contributed by atoms with E-state index in [4.69, 9.17) is 16.9 Å². The number of halogens is 12. The first-order valence-corrected chi connectivity index (χ1v) is 30.4. The van der Waals surface area contributed by atoms with Gasteiger partial charge in [0, 0.05) is 55.7 Å². The lowest BCUT2D eigenvalue weighted by Gasteiger charge is -2.28. The molecule has 0 unspecified atom stereocenters. The van der Waals surface area contributed by atoms with Crippen molar-refractivity contribution in [2.45, 2.75) is 19.3 Å². The average molecular weight is 1350 g/mol. The summed E-state index contributed by atoms with van der Waals surface area (Å²) in [5.41, 5.74) is -3.82. The fourth-order valence-electron chi connectivity index (χ4n) is 13.0. The van der Waals surface area contributed by atoms with Crippen LogP contribution in [-0.2, 0) is 5.41 Å². The number of fused-ring (bicyclic) bond motifs is 6. The van der Waals surface area contributed by atoms with E-state index in [9.17, 15) is 42.1 Å². The number of nitriles is 5. The van der Waals surface area contributed by atoms with Crippen LogP contribution < -0.4 is 4.90 Å². The van der Waals surface area contributed by atoms with E-state index in [-0.39, 0.29) is 5.41 Å². The van der Waals surface area contributed by atoms with Crippen molar-refractivity contribution in [1.82, 2.24) is 4.57 Å². The predicted octanol–water partition coefficient (Wildman–Crippen LogP) is 21.2. The van der Waals surface area contributed by atoms with E-state index in [0.29, 0.717) is 0 Å². The van der Waals surface area contributed by atoms with Crippen molar-refractivity contribution < 1.29 is 52.7 Å². The van der Waals surface area contributed by atoms with Gasteiger partial charge in [0.25, 0.3) is 0 Å². The Kier molecular flexibility index (Phi) is 16.8. The fourth-order valence-corrected chi connectivity index (χ4v) is 13.0. The molecule has 7 nitrogen and oxygen atoms in total. The maximum Gasteiger partial charge on any atom is 0.180 e. The summed E-state index contributed by atoms with van der Waals surface area (Å²) in [6, 6.07) is 75.3. The summed E-state index contributed by atoms with van der Waals surface area (Å²) in [7, 11) is 0. The first-order chi connectivity index (χ1) is 48.7. The zero-order valence-corrected chi connectivity index (χ0v) is 52.2. The Morgan fingerprint density at radius 2 is 0.733 bits per heavy atom. The van der Waals surface area contributed by atoms with Crippen LogP contribution in [0.3, 0.4) is 0 Å². The second-order valence-electron chi connectivity index (χ2n) is 23.6. The number of anilines is 3. The van der Waals surface area contributed by atoms with Crippen LogP contribution >= 0.6 is 0 Å². The zero-order valence-electron chi connectivity index (χ0n) is 52.2. The first-order valence-electron chi connectivity index (χ1n) is 30.4. The van der Waals surface area contributed by atoms with Crippen molar-refractivity contribution >= 4 is 55.6 Å². The highest BCUT2D eigenvalue weighted by Gasteiger charge is 2.47. The number of hydrogen-bond donors (Lipinski definition) is 0. The molecule has 1 fully saturated rings. The molecule has 12 aromatic rings. The van der Waals surface area contributed by atoms with Crippen molar-refractivity contribution in [2.24, 2.45) is 0 Å². The Morgan fingerprint density at radius 3 is 1.20 bits per heavy atom. The van der Waals surface area contributed by atoms with Gasteiger partial charge in [0.1, 0.15) is 47.0 Å². The van der Waals surface area contributed by atoms with E-state index in [1.807, 2.05) is 0 Å². The molecule has 2 aliphatic carbocycles. The van der Waals surface area contributed by atoms with Gasteiger partial charge < -0.3 is 9.47 Å². The van der Waals surface area contributed by atoms with Gasteiger partial charge in [0.05, 0.1) is 44.4 Å². The van der Waals surface area contributed by atoms with E-state index < -0.39 is 137 Å². The van der Waals surface area contributed by atoms with Gasteiger partial charge >= 0.3 is 0 Å². The third-order valence-corrected chi connectivity index (χ3v) is 17.9. The molecule has 0 N–H and O–H groups in total. The monoisotopic (exact) mass is 1350 g/mol. The lowest BCUT2D eigenvalue weighted by Crippen LogP contribution is -2.16. The maximum atomic E-state index is 15.1.